The van der Waals surface area contributed by atoms with Crippen molar-refractivity contribution in [3.63, 3.8) is 0 Å². The SMILES string of the molecule is COc1cc(F)cc(-c2nccc3[nH]c(-c4n[nH]c5ccc(-c6cncc(NC(=O)C(C)(C)C)c6)nc45)nc23)c1. The Bertz CT molecular complexity index is 1900. The number of pyridine rings is 3. The summed E-state index contributed by atoms with van der Waals surface area (Å²) in [5.74, 6) is 0.321. The molecule has 5 aromatic heterocycles. The number of nitrogens with zero attached hydrogens (tertiary/aromatic N) is 5. The number of hydrogen-bond acceptors (Lipinski definition) is 7. The Labute approximate surface area is 228 Å². The van der Waals surface area contributed by atoms with Gasteiger partial charge in [-0.15, -0.1) is 0 Å². The average molecular weight is 537 g/mol. The Morgan fingerprint density at radius 1 is 0.950 bits per heavy atom. The van der Waals surface area contributed by atoms with Crippen LogP contribution in [0.15, 0.2) is 61.1 Å². The Hall–Kier alpha value is -5.19. The van der Waals surface area contributed by atoms with E-state index < -0.39 is 11.2 Å². The van der Waals surface area contributed by atoms with Crippen molar-refractivity contribution in [2.45, 2.75) is 20.8 Å². The van der Waals surface area contributed by atoms with Crippen LogP contribution in [0, 0.1) is 11.2 Å². The van der Waals surface area contributed by atoms with Crippen molar-refractivity contribution in [3.8, 4) is 39.8 Å². The maximum absolute atomic E-state index is 14.2. The molecule has 1 amide bonds. The number of nitrogens with one attached hydrogen (secondary N) is 3. The van der Waals surface area contributed by atoms with E-state index in [4.69, 9.17) is 14.7 Å². The van der Waals surface area contributed by atoms with Crippen molar-refractivity contribution in [2.24, 2.45) is 5.41 Å². The van der Waals surface area contributed by atoms with Crippen LogP contribution in [0.4, 0.5) is 10.1 Å². The van der Waals surface area contributed by atoms with Gasteiger partial charge in [-0.05, 0) is 36.4 Å². The second-order valence-electron chi connectivity index (χ2n) is 10.4. The molecule has 0 aliphatic carbocycles. The Kier molecular flexibility index (Phi) is 5.98. The lowest BCUT2D eigenvalue weighted by Crippen LogP contribution is -2.27. The molecule has 1 aromatic carbocycles. The van der Waals surface area contributed by atoms with Crippen LogP contribution in [0.2, 0.25) is 0 Å². The summed E-state index contributed by atoms with van der Waals surface area (Å²) in [7, 11) is 1.48. The molecule has 0 atom stereocenters. The van der Waals surface area contributed by atoms with Crippen molar-refractivity contribution in [2.75, 3.05) is 12.4 Å². The van der Waals surface area contributed by atoms with Gasteiger partial charge in [-0.2, -0.15) is 5.10 Å². The molecule has 10 nitrogen and oxygen atoms in total. The molecule has 0 spiro atoms. The van der Waals surface area contributed by atoms with Gasteiger partial charge < -0.3 is 15.0 Å². The van der Waals surface area contributed by atoms with Crippen LogP contribution >= 0.6 is 0 Å². The summed E-state index contributed by atoms with van der Waals surface area (Å²) in [6.45, 7) is 5.55. The van der Waals surface area contributed by atoms with Crippen LogP contribution in [-0.4, -0.2) is 48.1 Å². The highest BCUT2D eigenvalue weighted by molar-refractivity contribution is 5.96. The first-order valence-corrected chi connectivity index (χ1v) is 12.5. The molecule has 6 aromatic rings. The zero-order valence-corrected chi connectivity index (χ0v) is 22.2. The Balaban J connectivity index is 1.40. The van der Waals surface area contributed by atoms with Gasteiger partial charge in [-0.3, -0.25) is 19.9 Å². The number of halogens is 1. The number of imidazole rings is 1. The van der Waals surface area contributed by atoms with E-state index in [0.717, 1.165) is 11.1 Å². The highest BCUT2D eigenvalue weighted by atomic mass is 19.1. The number of hydrogen-bond donors (Lipinski definition) is 3. The molecule has 0 radical (unpaired) electrons. The van der Waals surface area contributed by atoms with E-state index in [-0.39, 0.29) is 5.91 Å². The lowest BCUT2D eigenvalue weighted by atomic mass is 9.95. The maximum Gasteiger partial charge on any atom is 0.229 e. The minimum atomic E-state index is -0.540. The topological polar surface area (TPSA) is 134 Å². The summed E-state index contributed by atoms with van der Waals surface area (Å²) in [6, 6.07) is 11.8. The van der Waals surface area contributed by atoms with E-state index in [1.165, 1.54) is 19.2 Å². The molecule has 0 unspecified atom stereocenters. The van der Waals surface area contributed by atoms with Gasteiger partial charge in [0, 0.05) is 35.0 Å². The molecule has 11 heteroatoms. The number of methoxy groups -OCH3 is 1. The summed E-state index contributed by atoms with van der Waals surface area (Å²) < 4.78 is 19.5. The maximum atomic E-state index is 14.2. The second-order valence-corrected chi connectivity index (χ2v) is 10.4. The summed E-state index contributed by atoms with van der Waals surface area (Å²) >= 11 is 0. The quantitative estimate of drug-likeness (QED) is 0.255. The van der Waals surface area contributed by atoms with Crippen molar-refractivity contribution in [3.05, 3.63) is 66.9 Å². The summed E-state index contributed by atoms with van der Waals surface area (Å²) in [6.07, 6.45) is 4.92. The van der Waals surface area contributed by atoms with Gasteiger partial charge in [0.15, 0.2) is 11.5 Å². The molecule has 0 fully saturated rings. The van der Waals surface area contributed by atoms with Crippen LogP contribution in [0.3, 0.4) is 0 Å². The molecular weight excluding hydrogens is 511 g/mol. The van der Waals surface area contributed by atoms with E-state index in [9.17, 15) is 9.18 Å². The Morgan fingerprint density at radius 2 is 1.77 bits per heavy atom. The molecule has 3 N–H and O–H groups in total. The molecule has 6 rings (SSSR count). The third kappa shape index (κ3) is 4.62. The molecule has 40 heavy (non-hydrogen) atoms. The fourth-order valence-corrected chi connectivity index (χ4v) is 4.27. The van der Waals surface area contributed by atoms with E-state index in [1.54, 1.807) is 30.7 Å². The predicted molar refractivity (Wildman–Crippen MR) is 150 cm³/mol. The first-order chi connectivity index (χ1) is 19.2. The number of aromatic nitrogens is 7. The van der Waals surface area contributed by atoms with Crippen LogP contribution < -0.4 is 10.1 Å². The molecule has 200 valence electrons. The van der Waals surface area contributed by atoms with Crippen LogP contribution in [-0.2, 0) is 4.79 Å². The summed E-state index contributed by atoms with van der Waals surface area (Å²) in [5.41, 5.74) is 5.58. The van der Waals surface area contributed by atoms with Crippen LogP contribution in [0.1, 0.15) is 20.8 Å². The summed E-state index contributed by atoms with van der Waals surface area (Å²) in [4.78, 5) is 34.1. The molecule has 0 bridgehead atoms. The Morgan fingerprint density at radius 3 is 2.58 bits per heavy atom. The van der Waals surface area contributed by atoms with Crippen molar-refractivity contribution >= 4 is 33.7 Å². The zero-order chi connectivity index (χ0) is 28.0. The van der Waals surface area contributed by atoms with E-state index in [1.807, 2.05) is 39.0 Å². The molecule has 5 heterocycles. The van der Waals surface area contributed by atoms with E-state index in [2.05, 4.69) is 30.5 Å². The third-order valence-corrected chi connectivity index (χ3v) is 6.39. The monoisotopic (exact) mass is 536 g/mol. The number of carbonyl (C=O) groups is 1. The standard InChI is InChI=1S/C29H25FN8O2/c1-29(2,3)28(39)33-18-10-16(13-31-14-18)20-5-6-22-25(34-20)26(38-37-22)27-35-21-7-8-32-23(24(21)36-27)15-9-17(30)12-19(11-15)40-4/h5-14H,1-4H3,(H,33,39)(H,35,36)(H,37,38). The predicted octanol–water partition coefficient (Wildman–Crippen LogP) is 5.76. The number of rotatable bonds is 5. The van der Waals surface area contributed by atoms with Crippen LogP contribution in [0.5, 0.6) is 5.75 Å². The number of carbonyl (C=O) groups excluding carboxylic acids is 1. The van der Waals surface area contributed by atoms with Gasteiger partial charge in [-0.25, -0.2) is 14.4 Å². The van der Waals surface area contributed by atoms with Crippen molar-refractivity contribution in [1.29, 1.82) is 0 Å². The lowest BCUT2D eigenvalue weighted by molar-refractivity contribution is -0.123. The highest BCUT2D eigenvalue weighted by Gasteiger charge is 2.22. The molecule has 0 saturated carbocycles. The minimum Gasteiger partial charge on any atom is -0.497 e. The van der Waals surface area contributed by atoms with E-state index >= 15 is 0 Å². The molecular formula is C29H25FN8O2. The van der Waals surface area contributed by atoms with Crippen LogP contribution in [0.25, 0.3) is 56.1 Å². The number of amides is 1. The highest BCUT2D eigenvalue weighted by Crippen LogP contribution is 2.32. The lowest BCUT2D eigenvalue weighted by Gasteiger charge is -2.17. The summed E-state index contributed by atoms with van der Waals surface area (Å²) in [5, 5.41) is 10.4. The largest absolute Gasteiger partial charge is 0.497 e. The van der Waals surface area contributed by atoms with Gasteiger partial charge >= 0.3 is 0 Å². The van der Waals surface area contributed by atoms with Gasteiger partial charge in [0.25, 0.3) is 0 Å². The first kappa shape index (κ1) is 25.1. The van der Waals surface area contributed by atoms with E-state index in [0.29, 0.717) is 56.5 Å². The normalized spacial score (nSPS) is 11.7. The van der Waals surface area contributed by atoms with Gasteiger partial charge in [0.2, 0.25) is 5.91 Å². The van der Waals surface area contributed by atoms with Gasteiger partial charge in [-0.1, -0.05) is 20.8 Å². The second kappa shape index (κ2) is 9.53. The fourth-order valence-electron chi connectivity index (χ4n) is 4.27. The number of fused-ring (bicyclic) bond motifs is 2. The minimum absolute atomic E-state index is 0.109. The fraction of sp³-hybridized carbons (Fsp3) is 0.172. The molecule has 0 saturated heterocycles. The van der Waals surface area contributed by atoms with Crippen molar-refractivity contribution < 1.29 is 13.9 Å². The van der Waals surface area contributed by atoms with Crippen molar-refractivity contribution in [1.82, 2.24) is 35.1 Å². The number of benzene rings is 1. The smallest absolute Gasteiger partial charge is 0.229 e. The molecule has 0 aliphatic heterocycles. The van der Waals surface area contributed by atoms with Gasteiger partial charge in [0.05, 0.1) is 41.4 Å². The zero-order valence-electron chi connectivity index (χ0n) is 22.2. The number of H-pyrrole nitrogens is 2. The number of anilines is 1. The number of ether oxygens (including phenoxy) is 1. The first-order valence-electron chi connectivity index (χ1n) is 12.5. The number of aromatic amines is 2. The molecule has 0 aliphatic rings. The third-order valence-electron chi connectivity index (χ3n) is 6.39. The average Bonchev–Trinajstić information content (AvgIpc) is 3.56. The van der Waals surface area contributed by atoms with Gasteiger partial charge in [0.1, 0.15) is 22.6 Å².